The highest BCUT2D eigenvalue weighted by atomic mass is 79.9. The van der Waals surface area contributed by atoms with Crippen LogP contribution in [0.3, 0.4) is 0 Å². The van der Waals surface area contributed by atoms with Crippen LogP contribution in [-0.2, 0) is 6.54 Å². The summed E-state index contributed by atoms with van der Waals surface area (Å²) in [5.41, 5.74) is 4.16. The molecule has 3 rings (SSSR count). The third kappa shape index (κ3) is 4.90. The number of phenols is 1. The average molecular weight is 464 g/mol. The quantitative estimate of drug-likeness (QED) is 0.430. The van der Waals surface area contributed by atoms with Gasteiger partial charge in [-0.3, -0.25) is 9.48 Å². The molecule has 3 aromatic rings. The molecule has 0 aliphatic rings. The summed E-state index contributed by atoms with van der Waals surface area (Å²) in [7, 11) is 1.59. The topological polar surface area (TPSA) is 88.7 Å². The minimum Gasteiger partial charge on any atom is -0.507 e. The maximum absolute atomic E-state index is 12.2. The molecule has 0 unspecified atom stereocenters. The number of benzene rings is 2. The molecule has 1 amide bonds. The zero-order valence-corrected chi connectivity index (χ0v) is 17.1. The molecule has 28 heavy (non-hydrogen) atoms. The van der Waals surface area contributed by atoms with Crippen LogP contribution in [-0.4, -0.2) is 34.1 Å². The van der Waals surface area contributed by atoms with Gasteiger partial charge in [-0.15, -0.1) is 0 Å². The Balaban J connectivity index is 1.73. The molecule has 144 valence electrons. The first-order valence-corrected chi connectivity index (χ1v) is 9.30. The highest BCUT2D eigenvalue weighted by molar-refractivity contribution is 9.10. The molecular formula is C19H16BrClN4O3. The standard InChI is InChI=1S/C19H16BrClN4O3/c1-28-18-5-2-12(6-13(18)10-25-11-15(21)9-23-25)8-22-24-19(27)16-7-14(20)3-4-17(16)26/h2-9,11,26H,10H2,1H3,(H,24,27)/b22-8+. The predicted molar refractivity (Wildman–Crippen MR) is 110 cm³/mol. The molecule has 2 N–H and O–H groups in total. The van der Waals surface area contributed by atoms with E-state index in [1.54, 1.807) is 30.3 Å². The van der Waals surface area contributed by atoms with Gasteiger partial charge in [-0.2, -0.15) is 10.2 Å². The van der Waals surface area contributed by atoms with Crippen LogP contribution in [0.4, 0.5) is 0 Å². The van der Waals surface area contributed by atoms with Gasteiger partial charge in [0.25, 0.3) is 5.91 Å². The van der Waals surface area contributed by atoms with Crippen molar-refractivity contribution in [3.05, 3.63) is 75.0 Å². The summed E-state index contributed by atoms with van der Waals surface area (Å²) in [4.78, 5) is 12.2. The summed E-state index contributed by atoms with van der Waals surface area (Å²) < 4.78 is 7.76. The molecular weight excluding hydrogens is 448 g/mol. The average Bonchev–Trinajstić information content (AvgIpc) is 3.08. The van der Waals surface area contributed by atoms with Gasteiger partial charge in [0.05, 0.1) is 36.7 Å². The molecule has 2 aromatic carbocycles. The molecule has 0 bridgehead atoms. The molecule has 0 fully saturated rings. The highest BCUT2D eigenvalue weighted by Crippen LogP contribution is 2.22. The van der Waals surface area contributed by atoms with E-state index >= 15 is 0 Å². The van der Waals surface area contributed by atoms with Gasteiger partial charge in [-0.1, -0.05) is 27.5 Å². The number of rotatable bonds is 6. The molecule has 1 heterocycles. The maximum Gasteiger partial charge on any atom is 0.275 e. The molecule has 7 nitrogen and oxygen atoms in total. The lowest BCUT2D eigenvalue weighted by Gasteiger charge is -2.09. The van der Waals surface area contributed by atoms with Crippen molar-refractivity contribution in [1.29, 1.82) is 0 Å². The number of phenolic OH excluding ortho intramolecular Hbond substituents is 1. The number of nitrogens with zero attached hydrogens (tertiary/aromatic N) is 3. The lowest BCUT2D eigenvalue weighted by molar-refractivity contribution is 0.0952. The van der Waals surface area contributed by atoms with Crippen molar-refractivity contribution in [3.63, 3.8) is 0 Å². The van der Waals surface area contributed by atoms with Gasteiger partial charge < -0.3 is 9.84 Å². The Morgan fingerprint density at radius 2 is 2.21 bits per heavy atom. The number of methoxy groups -OCH3 is 1. The number of hydrazone groups is 1. The fraction of sp³-hybridized carbons (Fsp3) is 0.105. The number of hydrogen-bond acceptors (Lipinski definition) is 5. The Labute approximate surface area is 174 Å². The number of aromatic hydroxyl groups is 1. The molecule has 0 saturated heterocycles. The van der Waals surface area contributed by atoms with Gasteiger partial charge in [0.1, 0.15) is 11.5 Å². The van der Waals surface area contributed by atoms with Crippen molar-refractivity contribution in [1.82, 2.24) is 15.2 Å². The third-order valence-corrected chi connectivity index (χ3v) is 4.51. The number of nitrogens with one attached hydrogen (secondary N) is 1. The van der Waals surface area contributed by atoms with E-state index < -0.39 is 5.91 Å². The number of aromatic nitrogens is 2. The Bertz CT molecular complexity index is 1040. The van der Waals surface area contributed by atoms with Crippen molar-refractivity contribution < 1.29 is 14.6 Å². The smallest absolute Gasteiger partial charge is 0.275 e. The van der Waals surface area contributed by atoms with E-state index in [1.165, 1.54) is 18.3 Å². The van der Waals surface area contributed by atoms with Gasteiger partial charge in [-0.05, 0) is 42.0 Å². The van der Waals surface area contributed by atoms with Crippen LogP contribution >= 0.6 is 27.5 Å². The second-order valence-corrected chi connectivity index (χ2v) is 7.14. The minimum atomic E-state index is -0.519. The number of ether oxygens (including phenoxy) is 1. The molecule has 0 spiro atoms. The van der Waals surface area contributed by atoms with E-state index in [0.29, 0.717) is 21.8 Å². The minimum absolute atomic E-state index is 0.123. The monoisotopic (exact) mass is 462 g/mol. The molecule has 0 atom stereocenters. The van der Waals surface area contributed by atoms with Crippen LogP contribution in [0.25, 0.3) is 0 Å². The number of carbonyl (C=O) groups is 1. The third-order valence-electron chi connectivity index (χ3n) is 3.82. The number of amides is 1. The summed E-state index contributed by atoms with van der Waals surface area (Å²) in [6.07, 6.45) is 4.78. The molecule has 9 heteroatoms. The van der Waals surface area contributed by atoms with Gasteiger partial charge in [0.15, 0.2) is 0 Å². The van der Waals surface area contributed by atoms with E-state index in [9.17, 15) is 9.90 Å². The summed E-state index contributed by atoms with van der Waals surface area (Å²) in [6.45, 7) is 0.468. The second kappa shape index (κ2) is 8.90. The predicted octanol–water partition coefficient (Wildman–Crippen LogP) is 3.83. The van der Waals surface area contributed by atoms with E-state index in [1.807, 2.05) is 18.2 Å². The van der Waals surface area contributed by atoms with Crippen molar-refractivity contribution in [2.75, 3.05) is 7.11 Å². The Morgan fingerprint density at radius 1 is 1.39 bits per heavy atom. The highest BCUT2D eigenvalue weighted by Gasteiger charge is 2.11. The van der Waals surface area contributed by atoms with Gasteiger partial charge in [-0.25, -0.2) is 5.43 Å². The van der Waals surface area contributed by atoms with Crippen LogP contribution in [0.15, 0.2) is 58.4 Å². The number of carbonyl (C=O) groups excluding carboxylic acids is 1. The summed E-state index contributed by atoms with van der Waals surface area (Å²) in [5.74, 6) is 0.0577. The van der Waals surface area contributed by atoms with Crippen molar-refractivity contribution in [2.45, 2.75) is 6.54 Å². The van der Waals surface area contributed by atoms with Crippen LogP contribution in [0, 0.1) is 0 Å². The normalized spacial score (nSPS) is 11.0. The molecule has 0 aliphatic heterocycles. The molecule has 0 radical (unpaired) electrons. The molecule has 0 aliphatic carbocycles. The fourth-order valence-corrected chi connectivity index (χ4v) is 3.03. The van der Waals surface area contributed by atoms with Crippen molar-refractivity contribution >= 4 is 39.7 Å². The van der Waals surface area contributed by atoms with E-state index in [4.69, 9.17) is 16.3 Å². The van der Waals surface area contributed by atoms with Crippen LogP contribution in [0.1, 0.15) is 21.5 Å². The second-order valence-electron chi connectivity index (χ2n) is 5.79. The van der Waals surface area contributed by atoms with Crippen LogP contribution < -0.4 is 10.2 Å². The number of hydrogen-bond donors (Lipinski definition) is 2. The summed E-state index contributed by atoms with van der Waals surface area (Å²) >= 11 is 9.17. The Morgan fingerprint density at radius 3 is 2.93 bits per heavy atom. The first-order chi connectivity index (χ1) is 13.5. The lowest BCUT2D eigenvalue weighted by atomic mass is 10.1. The first kappa shape index (κ1) is 19.9. The fourth-order valence-electron chi connectivity index (χ4n) is 2.52. The van der Waals surface area contributed by atoms with Gasteiger partial charge in [0.2, 0.25) is 0 Å². The molecule has 0 saturated carbocycles. The van der Waals surface area contributed by atoms with Crippen LogP contribution in [0.5, 0.6) is 11.5 Å². The van der Waals surface area contributed by atoms with Gasteiger partial charge >= 0.3 is 0 Å². The zero-order valence-electron chi connectivity index (χ0n) is 14.8. The zero-order chi connectivity index (χ0) is 20.1. The largest absolute Gasteiger partial charge is 0.507 e. The first-order valence-electron chi connectivity index (χ1n) is 8.13. The Hall–Kier alpha value is -2.84. The van der Waals surface area contributed by atoms with Crippen molar-refractivity contribution in [2.24, 2.45) is 5.10 Å². The lowest BCUT2D eigenvalue weighted by Crippen LogP contribution is -2.17. The van der Waals surface area contributed by atoms with E-state index in [2.05, 4.69) is 31.6 Å². The SMILES string of the molecule is COc1ccc(/C=N/NC(=O)c2cc(Br)ccc2O)cc1Cn1cc(Cl)cn1. The van der Waals surface area contributed by atoms with Crippen molar-refractivity contribution in [3.8, 4) is 11.5 Å². The van der Waals surface area contributed by atoms with Gasteiger partial charge in [0, 0.05) is 16.2 Å². The summed E-state index contributed by atoms with van der Waals surface area (Å²) in [5, 5.41) is 18.5. The van der Waals surface area contributed by atoms with Crippen LogP contribution in [0.2, 0.25) is 5.02 Å². The Kier molecular flexibility index (Phi) is 6.33. The summed E-state index contributed by atoms with van der Waals surface area (Å²) in [6, 6.07) is 10.1. The maximum atomic E-state index is 12.2. The van der Waals surface area contributed by atoms with E-state index in [-0.39, 0.29) is 11.3 Å². The van der Waals surface area contributed by atoms with E-state index in [0.717, 1.165) is 11.1 Å². The number of halogens is 2. The molecule has 1 aromatic heterocycles.